The maximum atomic E-state index is 12.8. The van der Waals surface area contributed by atoms with Crippen molar-refractivity contribution in [2.45, 2.75) is 84.7 Å². The van der Waals surface area contributed by atoms with E-state index in [1.165, 1.54) is 0 Å². The number of carbonyl (C=O) groups is 5. The molecule has 1 aromatic carbocycles. The highest BCUT2D eigenvalue weighted by Crippen LogP contribution is 2.35. The zero-order valence-corrected chi connectivity index (χ0v) is 32.5. The van der Waals surface area contributed by atoms with Gasteiger partial charge in [0.1, 0.15) is 12.6 Å². The van der Waals surface area contributed by atoms with Crippen molar-refractivity contribution in [2.24, 2.45) is 5.92 Å². The van der Waals surface area contributed by atoms with Crippen molar-refractivity contribution in [1.82, 2.24) is 20.9 Å². The van der Waals surface area contributed by atoms with Crippen molar-refractivity contribution in [1.29, 1.82) is 0 Å². The van der Waals surface area contributed by atoms with Gasteiger partial charge in [-0.3, -0.25) is 23.7 Å². The van der Waals surface area contributed by atoms with Crippen LogP contribution in [0.3, 0.4) is 0 Å². The van der Waals surface area contributed by atoms with Gasteiger partial charge in [-0.05, 0) is 56.7 Å². The minimum absolute atomic E-state index is 0.000755. The summed E-state index contributed by atoms with van der Waals surface area (Å²) in [6.45, 7) is 10.8. The highest BCUT2D eigenvalue weighted by atomic mass is 31.2. The molecule has 3 atom stereocenters. The normalized spacial score (nSPS) is 15.8. The molecule has 2 rings (SSSR count). The lowest BCUT2D eigenvalue weighted by atomic mass is 10.0. The van der Waals surface area contributed by atoms with Gasteiger partial charge in [-0.25, -0.2) is 4.79 Å². The summed E-state index contributed by atoms with van der Waals surface area (Å²) in [5, 5.41) is 10.6. The first-order valence-electron chi connectivity index (χ1n) is 18.0. The molecule has 0 aliphatic carbocycles. The largest absolute Gasteiger partial charge is 0.445 e. The summed E-state index contributed by atoms with van der Waals surface area (Å²) in [4.78, 5) is 73.2. The minimum atomic E-state index is -3.51. The van der Waals surface area contributed by atoms with Crippen molar-refractivity contribution in [3.8, 4) is 0 Å². The predicted octanol–water partition coefficient (Wildman–Crippen LogP) is 2.56. The van der Waals surface area contributed by atoms with E-state index in [2.05, 4.69) is 25.8 Å². The Balaban J connectivity index is 1.58. The molecule has 1 fully saturated rings. The standard InChI is InChI=1S/C35H58N5O12P/c1-25(2)33(39-30(41)8-6-7-9-32(43)40-16-14-29(23-40)52-26(3)4)34(44)37-22-31(42)38-28-12-10-27(11-13-28)24-50-35(45)36-15-17-48-18-19-49-20-21-51-53(5,46)47/h10-13,25-26,29,33H,6-9,14-24H2,1-5H3,(H,36,45)(H,37,44)(H,38,42)(H,39,41)(H,46,47)/t29-,33?/m0/s1. The molecule has 0 aromatic heterocycles. The molecule has 17 nitrogen and oxygen atoms in total. The van der Waals surface area contributed by atoms with Crippen LogP contribution in [-0.2, 0) is 53.8 Å². The lowest BCUT2D eigenvalue weighted by molar-refractivity contribution is -0.131. The van der Waals surface area contributed by atoms with Gasteiger partial charge < -0.3 is 54.5 Å². The molecule has 0 radical (unpaired) electrons. The average molecular weight is 772 g/mol. The van der Waals surface area contributed by atoms with E-state index < -0.39 is 31.5 Å². The number of hydrogen-bond acceptors (Lipinski definition) is 11. The van der Waals surface area contributed by atoms with Gasteiger partial charge in [0.25, 0.3) is 0 Å². The summed E-state index contributed by atoms with van der Waals surface area (Å²) in [5.41, 5.74) is 1.16. The van der Waals surface area contributed by atoms with Crippen LogP contribution in [0.4, 0.5) is 10.5 Å². The first kappa shape index (κ1) is 45.6. The van der Waals surface area contributed by atoms with E-state index in [-0.39, 0.29) is 89.1 Å². The number of unbranched alkanes of at least 4 members (excludes halogenated alkanes) is 1. The molecule has 0 saturated carbocycles. The molecule has 1 heterocycles. The molecule has 53 heavy (non-hydrogen) atoms. The Bertz CT molecular complexity index is 1340. The molecule has 1 aliphatic heterocycles. The molecule has 1 saturated heterocycles. The first-order valence-corrected chi connectivity index (χ1v) is 20.1. The third-order valence-corrected chi connectivity index (χ3v) is 8.41. The van der Waals surface area contributed by atoms with Crippen molar-refractivity contribution in [3.05, 3.63) is 29.8 Å². The number of ether oxygens (including phenoxy) is 4. The minimum Gasteiger partial charge on any atom is -0.445 e. The summed E-state index contributed by atoms with van der Waals surface area (Å²) in [7, 11) is -3.51. The highest BCUT2D eigenvalue weighted by Gasteiger charge is 2.27. The summed E-state index contributed by atoms with van der Waals surface area (Å²) >= 11 is 0. The van der Waals surface area contributed by atoms with Gasteiger partial charge in [0, 0.05) is 44.8 Å². The molecule has 1 aromatic rings. The lowest BCUT2D eigenvalue weighted by Gasteiger charge is -2.21. The Kier molecular flexibility index (Phi) is 21.2. The van der Waals surface area contributed by atoms with Crippen LogP contribution in [0.25, 0.3) is 0 Å². The topological polar surface area (TPSA) is 220 Å². The number of rotatable bonds is 25. The number of nitrogens with zero attached hydrogens (tertiary/aromatic N) is 1. The number of alkyl carbamates (subject to hydrolysis) is 1. The Morgan fingerprint density at radius 2 is 1.57 bits per heavy atom. The van der Waals surface area contributed by atoms with Crippen LogP contribution in [0.2, 0.25) is 0 Å². The van der Waals surface area contributed by atoms with E-state index >= 15 is 0 Å². The van der Waals surface area contributed by atoms with Gasteiger partial charge in [0.05, 0.1) is 51.8 Å². The number of likely N-dealkylation sites (tertiary alicyclic amines) is 1. The van der Waals surface area contributed by atoms with Gasteiger partial charge in [-0.2, -0.15) is 0 Å². The fraction of sp³-hybridized carbons (Fsp3) is 0.686. The third-order valence-electron chi connectivity index (χ3n) is 7.75. The molecule has 18 heteroatoms. The van der Waals surface area contributed by atoms with Gasteiger partial charge in [-0.15, -0.1) is 0 Å². The summed E-state index contributed by atoms with van der Waals surface area (Å²) in [5.74, 6) is -1.40. The van der Waals surface area contributed by atoms with E-state index in [1.807, 2.05) is 18.7 Å². The summed E-state index contributed by atoms with van der Waals surface area (Å²) in [6.07, 6.45) is 2.00. The van der Waals surface area contributed by atoms with E-state index in [4.69, 9.17) is 23.8 Å². The highest BCUT2D eigenvalue weighted by molar-refractivity contribution is 7.51. The van der Waals surface area contributed by atoms with Crippen LogP contribution in [0.15, 0.2) is 24.3 Å². The number of amides is 5. The number of hydrogen-bond donors (Lipinski definition) is 5. The molecule has 5 N–H and O–H groups in total. The fourth-order valence-electron chi connectivity index (χ4n) is 5.13. The van der Waals surface area contributed by atoms with Crippen molar-refractivity contribution in [3.63, 3.8) is 0 Å². The molecule has 0 spiro atoms. The van der Waals surface area contributed by atoms with Gasteiger partial charge in [0.15, 0.2) is 0 Å². The molecule has 2 unspecified atom stereocenters. The van der Waals surface area contributed by atoms with E-state index in [9.17, 15) is 28.5 Å². The maximum absolute atomic E-state index is 12.8. The predicted molar refractivity (Wildman–Crippen MR) is 196 cm³/mol. The average Bonchev–Trinajstić information content (AvgIpc) is 3.55. The molecule has 1 aliphatic rings. The second kappa shape index (κ2) is 24.7. The smallest absolute Gasteiger partial charge is 0.407 e. The Morgan fingerprint density at radius 1 is 0.906 bits per heavy atom. The van der Waals surface area contributed by atoms with Crippen molar-refractivity contribution >= 4 is 43.0 Å². The number of benzene rings is 1. The second-order valence-electron chi connectivity index (χ2n) is 13.3. The Morgan fingerprint density at radius 3 is 2.23 bits per heavy atom. The van der Waals surface area contributed by atoms with Crippen LogP contribution < -0.4 is 21.3 Å². The van der Waals surface area contributed by atoms with Crippen LogP contribution in [0, 0.1) is 5.92 Å². The summed E-state index contributed by atoms with van der Waals surface area (Å²) in [6, 6.07) is 5.81. The van der Waals surface area contributed by atoms with E-state index in [1.54, 1.807) is 38.1 Å². The number of anilines is 1. The summed E-state index contributed by atoms with van der Waals surface area (Å²) < 4.78 is 37.2. The van der Waals surface area contributed by atoms with Gasteiger partial charge >= 0.3 is 13.7 Å². The van der Waals surface area contributed by atoms with Crippen LogP contribution >= 0.6 is 7.60 Å². The van der Waals surface area contributed by atoms with Gasteiger partial charge in [-0.1, -0.05) is 26.0 Å². The molecule has 300 valence electrons. The quantitative estimate of drug-likeness (QED) is 0.0716. The van der Waals surface area contributed by atoms with Crippen molar-refractivity contribution in [2.75, 3.05) is 71.2 Å². The third kappa shape index (κ3) is 21.0. The number of nitrogens with one attached hydrogen (secondary N) is 4. The van der Waals surface area contributed by atoms with E-state index in [0.29, 0.717) is 43.6 Å². The molecular formula is C35H58N5O12P. The molecule has 5 amide bonds. The Labute approximate surface area is 312 Å². The second-order valence-corrected chi connectivity index (χ2v) is 15.1. The monoisotopic (exact) mass is 771 g/mol. The van der Waals surface area contributed by atoms with Crippen LogP contribution in [0.1, 0.15) is 65.4 Å². The first-order chi connectivity index (χ1) is 25.1. The Hall–Kier alpha value is -3.60. The van der Waals surface area contributed by atoms with E-state index in [0.717, 1.165) is 13.1 Å². The molecule has 0 bridgehead atoms. The lowest BCUT2D eigenvalue weighted by Crippen LogP contribution is -2.51. The van der Waals surface area contributed by atoms with Crippen molar-refractivity contribution < 1.29 is 56.9 Å². The van der Waals surface area contributed by atoms with Crippen LogP contribution in [-0.4, -0.2) is 124 Å². The zero-order valence-electron chi connectivity index (χ0n) is 31.6. The van der Waals surface area contributed by atoms with Gasteiger partial charge in [0.2, 0.25) is 23.6 Å². The fourth-order valence-corrected chi connectivity index (χ4v) is 5.54. The SMILES string of the molecule is CC(C)O[C@H]1CCN(C(=O)CCCCC(=O)NC(C(=O)NCC(=O)Nc2ccc(COC(=O)NCCOCCOCCOP(C)(=O)O)cc2)C(C)C)C1. The maximum Gasteiger partial charge on any atom is 0.407 e. The number of carbonyl (C=O) groups excluding carboxylic acids is 5. The van der Waals surface area contributed by atoms with Crippen LogP contribution in [0.5, 0.6) is 0 Å². The zero-order chi connectivity index (χ0) is 39.2. The molecular weight excluding hydrogens is 713 g/mol.